The Labute approximate surface area is 89.5 Å². The summed E-state index contributed by atoms with van der Waals surface area (Å²) in [5, 5.41) is 17.1. The summed E-state index contributed by atoms with van der Waals surface area (Å²) >= 11 is 0. The van der Waals surface area contributed by atoms with Gasteiger partial charge in [0.2, 0.25) is 0 Å². The molecule has 0 bridgehead atoms. The van der Waals surface area contributed by atoms with E-state index in [1.807, 2.05) is 25.8 Å². The molecule has 5 heteroatoms. The predicted octanol–water partition coefficient (Wildman–Crippen LogP) is 0.360. The third-order valence-corrected chi connectivity index (χ3v) is 2.37. The van der Waals surface area contributed by atoms with Crippen molar-refractivity contribution in [3.63, 3.8) is 0 Å². The zero-order valence-electron chi connectivity index (χ0n) is 9.28. The van der Waals surface area contributed by atoms with Crippen molar-refractivity contribution in [2.45, 2.75) is 13.8 Å². The molecule has 1 aromatic heterocycles. The molecule has 0 unspecified atom stereocenters. The fourth-order valence-corrected chi connectivity index (χ4v) is 1.30. The lowest BCUT2D eigenvalue weighted by Gasteiger charge is -2.18. The topological polar surface area (TPSA) is 78.8 Å². The largest absolute Gasteiger partial charge is 0.356 e. The van der Waals surface area contributed by atoms with Gasteiger partial charge in [0.1, 0.15) is 11.6 Å². The van der Waals surface area contributed by atoms with Crippen LogP contribution in [0, 0.1) is 25.2 Å². The highest BCUT2D eigenvalue weighted by molar-refractivity contribution is 5.57. The van der Waals surface area contributed by atoms with Crippen molar-refractivity contribution in [3.05, 3.63) is 16.8 Å². The van der Waals surface area contributed by atoms with Gasteiger partial charge in [0, 0.05) is 20.1 Å². The van der Waals surface area contributed by atoms with E-state index in [9.17, 15) is 0 Å². The van der Waals surface area contributed by atoms with Crippen LogP contribution < -0.4 is 10.6 Å². The molecule has 0 saturated carbocycles. The Morgan fingerprint density at radius 2 is 2.07 bits per heavy atom. The minimum atomic E-state index is 0.524. The fourth-order valence-electron chi connectivity index (χ4n) is 1.30. The number of rotatable bonds is 3. The van der Waals surface area contributed by atoms with Gasteiger partial charge in [-0.15, -0.1) is 5.10 Å². The molecule has 1 aromatic rings. The Morgan fingerprint density at radius 3 is 2.60 bits per heavy atom. The monoisotopic (exact) mass is 205 g/mol. The minimum absolute atomic E-state index is 0.524. The number of aromatic nitrogens is 2. The number of anilines is 1. The smallest absolute Gasteiger partial charge is 0.169 e. The molecular formula is C10H15N5. The van der Waals surface area contributed by atoms with Crippen LogP contribution in [0.15, 0.2) is 0 Å². The van der Waals surface area contributed by atoms with Crippen molar-refractivity contribution in [3.8, 4) is 6.07 Å². The van der Waals surface area contributed by atoms with Crippen molar-refractivity contribution in [2.75, 3.05) is 25.0 Å². The number of nitriles is 1. The summed E-state index contributed by atoms with van der Waals surface area (Å²) < 4.78 is 0. The second-order valence-electron chi connectivity index (χ2n) is 3.43. The molecule has 0 aliphatic carbocycles. The Bertz CT molecular complexity index is 394. The lowest BCUT2D eigenvalue weighted by atomic mass is 10.1. The zero-order valence-corrected chi connectivity index (χ0v) is 9.28. The van der Waals surface area contributed by atoms with Gasteiger partial charge in [0.05, 0.1) is 5.69 Å². The average Bonchev–Trinajstić information content (AvgIpc) is 2.22. The van der Waals surface area contributed by atoms with Crippen molar-refractivity contribution >= 4 is 5.82 Å². The summed E-state index contributed by atoms with van der Waals surface area (Å²) in [5.41, 5.74) is 7.70. The van der Waals surface area contributed by atoms with E-state index in [2.05, 4.69) is 16.3 Å². The Morgan fingerprint density at radius 1 is 1.40 bits per heavy atom. The molecule has 0 spiro atoms. The van der Waals surface area contributed by atoms with Gasteiger partial charge in [0.25, 0.3) is 0 Å². The number of nitrogens with zero attached hydrogens (tertiary/aromatic N) is 4. The van der Waals surface area contributed by atoms with E-state index in [-0.39, 0.29) is 0 Å². The van der Waals surface area contributed by atoms with Crippen LogP contribution in [-0.4, -0.2) is 30.3 Å². The highest BCUT2D eigenvalue weighted by atomic mass is 15.2. The van der Waals surface area contributed by atoms with Crippen molar-refractivity contribution in [1.29, 1.82) is 5.26 Å². The molecule has 0 aromatic carbocycles. The molecule has 15 heavy (non-hydrogen) atoms. The molecule has 0 aliphatic rings. The maximum atomic E-state index is 9.07. The van der Waals surface area contributed by atoms with Crippen molar-refractivity contribution < 1.29 is 0 Å². The summed E-state index contributed by atoms with van der Waals surface area (Å²) in [6.07, 6.45) is 0. The molecule has 1 heterocycles. The van der Waals surface area contributed by atoms with E-state index in [0.29, 0.717) is 24.5 Å². The highest BCUT2D eigenvalue weighted by Gasteiger charge is 2.13. The maximum Gasteiger partial charge on any atom is 0.169 e. The summed E-state index contributed by atoms with van der Waals surface area (Å²) in [6, 6.07) is 2.16. The lowest BCUT2D eigenvalue weighted by Crippen LogP contribution is -2.27. The molecule has 2 N–H and O–H groups in total. The maximum absolute atomic E-state index is 9.07. The van der Waals surface area contributed by atoms with Gasteiger partial charge >= 0.3 is 0 Å². The molecule has 0 aliphatic heterocycles. The molecule has 1 rings (SSSR count). The van der Waals surface area contributed by atoms with Crippen LogP contribution in [0.5, 0.6) is 0 Å². The van der Waals surface area contributed by atoms with Crippen LogP contribution in [0.25, 0.3) is 0 Å². The standard InChI is InChI=1S/C10H15N5/c1-7-8(2)13-14-10(9(7)6-12)15(3)5-4-11/h4-5,11H2,1-3H3. The number of hydrogen-bond acceptors (Lipinski definition) is 5. The van der Waals surface area contributed by atoms with Crippen LogP contribution in [-0.2, 0) is 0 Å². The van der Waals surface area contributed by atoms with E-state index < -0.39 is 0 Å². The molecule has 0 atom stereocenters. The average molecular weight is 205 g/mol. The number of aryl methyl sites for hydroxylation is 1. The molecule has 5 nitrogen and oxygen atoms in total. The summed E-state index contributed by atoms with van der Waals surface area (Å²) in [5.74, 6) is 0.603. The molecule has 80 valence electrons. The molecule has 0 amide bonds. The van der Waals surface area contributed by atoms with Gasteiger partial charge in [-0.2, -0.15) is 10.4 Å². The normalized spacial score (nSPS) is 9.80. The number of hydrogen-bond donors (Lipinski definition) is 1. The van der Waals surface area contributed by atoms with E-state index in [0.717, 1.165) is 11.3 Å². The van der Waals surface area contributed by atoms with Gasteiger partial charge in [-0.25, -0.2) is 0 Å². The van der Waals surface area contributed by atoms with E-state index in [4.69, 9.17) is 11.0 Å². The molecular weight excluding hydrogens is 190 g/mol. The third-order valence-electron chi connectivity index (χ3n) is 2.37. The van der Waals surface area contributed by atoms with Crippen LogP contribution in [0.2, 0.25) is 0 Å². The first-order chi connectivity index (χ1) is 7.11. The van der Waals surface area contributed by atoms with Gasteiger partial charge in [-0.1, -0.05) is 0 Å². The van der Waals surface area contributed by atoms with Gasteiger partial charge in [-0.05, 0) is 19.4 Å². The Balaban J connectivity index is 3.20. The van der Waals surface area contributed by atoms with Crippen LogP contribution in [0.4, 0.5) is 5.82 Å². The number of likely N-dealkylation sites (N-methyl/N-ethyl adjacent to an activating group) is 1. The van der Waals surface area contributed by atoms with Gasteiger partial charge < -0.3 is 10.6 Å². The van der Waals surface area contributed by atoms with Crippen molar-refractivity contribution in [1.82, 2.24) is 10.2 Å². The van der Waals surface area contributed by atoms with Gasteiger partial charge in [-0.3, -0.25) is 0 Å². The quantitative estimate of drug-likeness (QED) is 0.770. The summed E-state index contributed by atoms with van der Waals surface area (Å²) in [6.45, 7) is 4.90. The second-order valence-corrected chi connectivity index (χ2v) is 3.43. The van der Waals surface area contributed by atoms with E-state index in [1.54, 1.807) is 0 Å². The first-order valence-electron chi connectivity index (χ1n) is 4.77. The summed E-state index contributed by atoms with van der Waals surface area (Å²) in [4.78, 5) is 1.85. The molecule has 0 radical (unpaired) electrons. The van der Waals surface area contributed by atoms with Gasteiger partial charge in [0.15, 0.2) is 5.82 Å². The SMILES string of the molecule is Cc1nnc(N(C)CCN)c(C#N)c1C. The zero-order chi connectivity index (χ0) is 11.4. The van der Waals surface area contributed by atoms with Crippen LogP contribution in [0.1, 0.15) is 16.8 Å². The first-order valence-corrected chi connectivity index (χ1v) is 4.77. The van der Waals surface area contributed by atoms with Crippen molar-refractivity contribution in [2.24, 2.45) is 5.73 Å². The Hall–Kier alpha value is -1.67. The second kappa shape index (κ2) is 4.71. The first kappa shape index (κ1) is 11.4. The summed E-state index contributed by atoms with van der Waals surface area (Å²) in [7, 11) is 1.85. The fraction of sp³-hybridized carbons (Fsp3) is 0.500. The predicted molar refractivity (Wildman–Crippen MR) is 58.5 cm³/mol. The molecule has 0 saturated heterocycles. The molecule has 0 fully saturated rings. The van der Waals surface area contributed by atoms with E-state index in [1.165, 1.54) is 0 Å². The lowest BCUT2D eigenvalue weighted by molar-refractivity contribution is 0.833. The van der Waals surface area contributed by atoms with Crippen LogP contribution in [0.3, 0.4) is 0 Å². The minimum Gasteiger partial charge on any atom is -0.356 e. The highest BCUT2D eigenvalue weighted by Crippen LogP contribution is 2.19. The van der Waals surface area contributed by atoms with Crippen LogP contribution >= 0.6 is 0 Å². The third kappa shape index (κ3) is 2.22. The Kier molecular flexibility index (Phi) is 3.58. The number of nitrogens with two attached hydrogens (primary N) is 1. The van der Waals surface area contributed by atoms with E-state index >= 15 is 0 Å².